The van der Waals surface area contributed by atoms with Crippen molar-refractivity contribution in [3.8, 4) is 56.2 Å². The highest BCUT2D eigenvalue weighted by molar-refractivity contribution is 6.23. The lowest BCUT2D eigenvalue weighted by Gasteiger charge is -2.18. The fourth-order valence-corrected chi connectivity index (χ4v) is 9.19. The van der Waals surface area contributed by atoms with E-state index in [1.54, 1.807) is 0 Å². The van der Waals surface area contributed by atoms with Crippen LogP contribution < -0.4 is 0 Å². The van der Waals surface area contributed by atoms with Crippen LogP contribution in [0, 0.1) is 0 Å². The summed E-state index contributed by atoms with van der Waals surface area (Å²) in [5.41, 5.74) is 11.0. The number of hydrogen-bond donors (Lipinski definition) is 0. The van der Waals surface area contributed by atoms with Crippen LogP contribution in [-0.2, 0) is 0 Å². The molecule has 0 radical (unpaired) electrons. The maximum Gasteiger partial charge on any atom is 0.160 e. The van der Waals surface area contributed by atoms with Gasteiger partial charge in [0.15, 0.2) is 5.82 Å². The largest absolute Gasteiger partial charge is 0.455 e. The number of benzene rings is 10. The average molecular weight is 751 g/mol. The van der Waals surface area contributed by atoms with E-state index < -0.39 is 0 Å². The Morgan fingerprint density at radius 1 is 0.305 bits per heavy atom. The van der Waals surface area contributed by atoms with Crippen molar-refractivity contribution in [2.45, 2.75) is 0 Å². The minimum atomic E-state index is 0.676. The van der Waals surface area contributed by atoms with Gasteiger partial charge >= 0.3 is 0 Å². The minimum absolute atomic E-state index is 0.676. The number of hydrogen-bond acceptors (Lipinski definition) is 3. The summed E-state index contributed by atoms with van der Waals surface area (Å²) in [7, 11) is 0. The highest BCUT2D eigenvalue weighted by Gasteiger charge is 2.20. The Hall–Kier alpha value is -7.88. The summed E-state index contributed by atoms with van der Waals surface area (Å²) in [6.07, 6.45) is 0. The van der Waals surface area contributed by atoms with Gasteiger partial charge in [0, 0.05) is 33.0 Å². The van der Waals surface area contributed by atoms with Gasteiger partial charge < -0.3 is 4.42 Å². The van der Waals surface area contributed by atoms with E-state index in [-0.39, 0.29) is 0 Å². The third-order valence-corrected chi connectivity index (χ3v) is 11.9. The maximum absolute atomic E-state index is 6.55. The summed E-state index contributed by atoms with van der Waals surface area (Å²) >= 11 is 0. The lowest BCUT2D eigenvalue weighted by molar-refractivity contribution is 0.670. The highest BCUT2D eigenvalue weighted by atomic mass is 16.3. The van der Waals surface area contributed by atoms with E-state index >= 15 is 0 Å². The Morgan fingerprint density at radius 2 is 0.898 bits per heavy atom. The van der Waals surface area contributed by atoms with Crippen molar-refractivity contribution >= 4 is 65.0 Å². The minimum Gasteiger partial charge on any atom is -0.455 e. The monoisotopic (exact) mass is 750 g/mol. The SMILES string of the molecule is c1ccc(-c2nc(-c3ccccc3-c3cccc4c3oc3ccccc34)cc(-c3ccc(-c4c5ccccc5cc5c4ccc4ccccc45)c4ccccc34)n2)cc1. The molecule has 0 saturated carbocycles. The zero-order chi connectivity index (χ0) is 38.9. The lowest BCUT2D eigenvalue weighted by atomic mass is 9.86. The molecule has 2 aromatic heterocycles. The number of aromatic nitrogens is 2. The maximum atomic E-state index is 6.55. The van der Waals surface area contributed by atoms with Crippen LogP contribution in [0.5, 0.6) is 0 Å². The van der Waals surface area contributed by atoms with Crippen LogP contribution in [-0.4, -0.2) is 9.97 Å². The Morgan fingerprint density at radius 3 is 1.73 bits per heavy atom. The molecular formula is C56H34N2O. The molecule has 2 heterocycles. The Bertz CT molecular complexity index is 3620. The van der Waals surface area contributed by atoms with E-state index in [1.807, 2.05) is 30.3 Å². The van der Waals surface area contributed by atoms with Crippen molar-refractivity contribution in [2.24, 2.45) is 0 Å². The normalized spacial score (nSPS) is 11.7. The van der Waals surface area contributed by atoms with E-state index in [2.05, 4.69) is 176 Å². The first-order valence-corrected chi connectivity index (χ1v) is 20.1. The number of furan rings is 1. The summed E-state index contributed by atoms with van der Waals surface area (Å²) in [6, 6.07) is 73.3. The van der Waals surface area contributed by atoms with Gasteiger partial charge in [-0.3, -0.25) is 0 Å². The molecule has 0 saturated heterocycles. The average Bonchev–Trinajstić information content (AvgIpc) is 3.70. The van der Waals surface area contributed by atoms with E-state index in [4.69, 9.17) is 14.4 Å². The third kappa shape index (κ3) is 5.36. The van der Waals surface area contributed by atoms with Gasteiger partial charge in [0.25, 0.3) is 0 Å². The smallest absolute Gasteiger partial charge is 0.160 e. The fraction of sp³-hybridized carbons (Fsp3) is 0. The Kier molecular flexibility index (Phi) is 7.54. The first-order chi connectivity index (χ1) is 29.3. The molecular weight excluding hydrogens is 717 g/mol. The van der Waals surface area contributed by atoms with Crippen LogP contribution in [0.15, 0.2) is 211 Å². The first kappa shape index (κ1) is 33.3. The molecule has 0 fully saturated rings. The van der Waals surface area contributed by atoms with Crippen molar-refractivity contribution in [1.82, 2.24) is 9.97 Å². The number of para-hydroxylation sites is 2. The molecule has 10 aromatic carbocycles. The van der Waals surface area contributed by atoms with Crippen molar-refractivity contribution in [3.63, 3.8) is 0 Å². The van der Waals surface area contributed by atoms with Gasteiger partial charge in [-0.05, 0) is 78.0 Å². The van der Waals surface area contributed by atoms with Gasteiger partial charge in [0.1, 0.15) is 11.2 Å². The van der Waals surface area contributed by atoms with E-state index in [0.717, 1.165) is 66.5 Å². The highest BCUT2D eigenvalue weighted by Crippen LogP contribution is 2.45. The quantitative estimate of drug-likeness (QED) is 0.130. The lowest BCUT2D eigenvalue weighted by Crippen LogP contribution is -1.98. The molecule has 3 heteroatoms. The standard InChI is InChI=1S/C56H34N2O/c1-2-16-36(17-3-1)56-57-51(43-24-11-10-23-42(43)48-26-14-27-49-45-25-12-13-28-53(45)59-55(48)49)34-52(58-56)44-31-32-46(41-22-9-8-21-40(41)44)54-39-20-7-5-18-37(39)33-50-38-19-6-4-15-35(38)29-30-47(50)54/h1-34H. The van der Waals surface area contributed by atoms with Gasteiger partial charge in [0.05, 0.1) is 11.4 Å². The molecule has 0 amide bonds. The second-order valence-electron chi connectivity index (χ2n) is 15.2. The molecule has 0 aliphatic rings. The Balaban J connectivity index is 1.10. The van der Waals surface area contributed by atoms with Gasteiger partial charge in [-0.25, -0.2) is 9.97 Å². The van der Waals surface area contributed by atoms with Crippen LogP contribution in [0.4, 0.5) is 0 Å². The van der Waals surface area contributed by atoms with E-state index in [9.17, 15) is 0 Å². The fourth-order valence-electron chi connectivity index (χ4n) is 9.19. The molecule has 12 rings (SSSR count). The predicted octanol–water partition coefficient (Wildman–Crippen LogP) is 15.3. The van der Waals surface area contributed by atoms with Gasteiger partial charge in [-0.2, -0.15) is 0 Å². The Labute approximate surface area is 340 Å². The van der Waals surface area contributed by atoms with Crippen molar-refractivity contribution in [3.05, 3.63) is 206 Å². The zero-order valence-corrected chi connectivity index (χ0v) is 31.9. The zero-order valence-electron chi connectivity index (χ0n) is 31.9. The molecule has 0 aliphatic heterocycles. The second kappa shape index (κ2) is 13.4. The van der Waals surface area contributed by atoms with Crippen LogP contribution in [0.2, 0.25) is 0 Å². The summed E-state index contributed by atoms with van der Waals surface area (Å²) in [4.78, 5) is 10.6. The number of nitrogens with zero attached hydrogens (tertiary/aromatic N) is 2. The van der Waals surface area contributed by atoms with Crippen LogP contribution >= 0.6 is 0 Å². The number of rotatable bonds is 5. The van der Waals surface area contributed by atoms with Crippen LogP contribution in [0.1, 0.15) is 0 Å². The molecule has 0 aliphatic carbocycles. The molecule has 0 bridgehead atoms. The van der Waals surface area contributed by atoms with Crippen LogP contribution in [0.25, 0.3) is 121 Å². The van der Waals surface area contributed by atoms with Crippen LogP contribution in [0.3, 0.4) is 0 Å². The first-order valence-electron chi connectivity index (χ1n) is 20.1. The molecule has 0 unspecified atom stereocenters. The molecule has 0 atom stereocenters. The van der Waals surface area contributed by atoms with E-state index in [1.165, 1.54) is 48.8 Å². The molecule has 12 aromatic rings. The van der Waals surface area contributed by atoms with Gasteiger partial charge in [-0.1, -0.05) is 188 Å². The van der Waals surface area contributed by atoms with E-state index in [0.29, 0.717) is 5.82 Å². The summed E-state index contributed by atoms with van der Waals surface area (Å²) < 4.78 is 6.55. The number of fused-ring (bicyclic) bond motifs is 8. The van der Waals surface area contributed by atoms with Crippen molar-refractivity contribution < 1.29 is 4.42 Å². The molecule has 0 N–H and O–H groups in total. The third-order valence-electron chi connectivity index (χ3n) is 11.9. The summed E-state index contributed by atoms with van der Waals surface area (Å²) in [5, 5.41) is 12.0. The predicted molar refractivity (Wildman–Crippen MR) is 247 cm³/mol. The van der Waals surface area contributed by atoms with Gasteiger partial charge in [-0.15, -0.1) is 0 Å². The molecule has 3 nitrogen and oxygen atoms in total. The van der Waals surface area contributed by atoms with Crippen molar-refractivity contribution in [1.29, 1.82) is 0 Å². The molecule has 0 spiro atoms. The summed E-state index contributed by atoms with van der Waals surface area (Å²) in [5.74, 6) is 0.676. The topological polar surface area (TPSA) is 38.9 Å². The van der Waals surface area contributed by atoms with Gasteiger partial charge in [0.2, 0.25) is 0 Å². The molecule has 274 valence electrons. The second-order valence-corrected chi connectivity index (χ2v) is 15.2. The van der Waals surface area contributed by atoms with Crippen molar-refractivity contribution in [2.75, 3.05) is 0 Å². The summed E-state index contributed by atoms with van der Waals surface area (Å²) in [6.45, 7) is 0. The molecule has 59 heavy (non-hydrogen) atoms.